The second kappa shape index (κ2) is 5.63. The molecule has 4 nitrogen and oxygen atoms in total. The van der Waals surface area contributed by atoms with Crippen LogP contribution < -0.4 is 0 Å². The molecule has 1 rings (SSSR count). The Labute approximate surface area is 84.5 Å². The van der Waals surface area contributed by atoms with Crippen LogP contribution in [-0.2, 0) is 4.79 Å². The van der Waals surface area contributed by atoms with Crippen LogP contribution in [0.4, 0.5) is 0 Å². The summed E-state index contributed by atoms with van der Waals surface area (Å²) in [5, 5.41) is 8.59. The summed E-state index contributed by atoms with van der Waals surface area (Å²) in [6.07, 6.45) is 5.95. The summed E-state index contributed by atoms with van der Waals surface area (Å²) >= 11 is 0. The third-order valence-electron chi connectivity index (χ3n) is 2.40. The maximum atomic E-state index is 10.4. The van der Waals surface area contributed by atoms with Gasteiger partial charge in [0.15, 0.2) is 0 Å². The van der Waals surface area contributed by atoms with Crippen LogP contribution in [0.5, 0.6) is 0 Å². The zero-order valence-corrected chi connectivity index (χ0v) is 8.28. The first-order chi connectivity index (χ1) is 6.72. The molecule has 0 bridgehead atoms. The monoisotopic (exact) mass is 196 g/mol. The number of terminal acetylenes is 1. The van der Waals surface area contributed by atoms with Crippen molar-refractivity contribution in [2.45, 2.75) is 6.42 Å². The van der Waals surface area contributed by atoms with E-state index in [9.17, 15) is 4.79 Å². The Hall–Kier alpha value is -1.05. The molecule has 0 amide bonds. The van der Waals surface area contributed by atoms with Gasteiger partial charge in [-0.2, -0.15) is 0 Å². The van der Waals surface area contributed by atoms with E-state index in [1.807, 2.05) is 4.90 Å². The molecule has 78 valence electrons. The molecular formula is C10H16N2O2. The molecule has 0 atom stereocenters. The summed E-state index contributed by atoms with van der Waals surface area (Å²) in [6.45, 7) is 4.60. The van der Waals surface area contributed by atoms with Gasteiger partial charge in [-0.1, -0.05) is 0 Å². The number of hydrogen-bond donors (Lipinski definition) is 1. The maximum Gasteiger partial charge on any atom is 0.317 e. The van der Waals surface area contributed by atoms with Gasteiger partial charge in [0.2, 0.25) is 0 Å². The molecule has 1 heterocycles. The van der Waals surface area contributed by atoms with Gasteiger partial charge in [-0.25, -0.2) is 0 Å². The normalized spacial score (nSPS) is 19.1. The highest BCUT2D eigenvalue weighted by atomic mass is 16.4. The number of carboxylic acids is 1. The highest BCUT2D eigenvalue weighted by molar-refractivity contribution is 5.69. The van der Waals surface area contributed by atoms with E-state index in [4.69, 9.17) is 11.5 Å². The summed E-state index contributed by atoms with van der Waals surface area (Å²) in [7, 11) is 0. The predicted molar refractivity (Wildman–Crippen MR) is 54.0 cm³/mol. The van der Waals surface area contributed by atoms with Gasteiger partial charge >= 0.3 is 5.97 Å². The molecule has 0 aromatic carbocycles. The van der Waals surface area contributed by atoms with Gasteiger partial charge in [0, 0.05) is 39.1 Å². The highest BCUT2D eigenvalue weighted by Crippen LogP contribution is 2.01. The number of aliphatic carboxylic acids is 1. The smallest absolute Gasteiger partial charge is 0.317 e. The first-order valence-electron chi connectivity index (χ1n) is 4.82. The second-order valence-electron chi connectivity index (χ2n) is 3.47. The van der Waals surface area contributed by atoms with Gasteiger partial charge in [0.05, 0.1) is 6.54 Å². The first-order valence-corrected chi connectivity index (χ1v) is 4.82. The van der Waals surface area contributed by atoms with E-state index < -0.39 is 5.97 Å². The molecule has 1 aliphatic rings. The number of hydrogen-bond acceptors (Lipinski definition) is 3. The molecule has 1 saturated heterocycles. The van der Waals surface area contributed by atoms with Gasteiger partial charge in [0.1, 0.15) is 0 Å². The summed E-state index contributed by atoms with van der Waals surface area (Å²) in [5.41, 5.74) is 0. The number of piperazine rings is 1. The summed E-state index contributed by atoms with van der Waals surface area (Å²) in [5.74, 6) is 1.86. The summed E-state index contributed by atoms with van der Waals surface area (Å²) in [4.78, 5) is 14.7. The Morgan fingerprint density at radius 3 is 2.36 bits per heavy atom. The van der Waals surface area contributed by atoms with Crippen LogP contribution in [0.25, 0.3) is 0 Å². The van der Waals surface area contributed by atoms with Crippen molar-refractivity contribution in [3.8, 4) is 12.3 Å². The van der Waals surface area contributed by atoms with E-state index in [0.29, 0.717) is 0 Å². The SMILES string of the molecule is C#CCCN1CCN(CC(=O)O)CC1. The van der Waals surface area contributed by atoms with Gasteiger partial charge in [-0.15, -0.1) is 12.3 Å². The summed E-state index contributed by atoms with van der Waals surface area (Å²) < 4.78 is 0. The molecule has 0 spiro atoms. The number of carbonyl (C=O) groups is 1. The van der Waals surface area contributed by atoms with Crippen molar-refractivity contribution in [2.75, 3.05) is 39.3 Å². The maximum absolute atomic E-state index is 10.4. The first kappa shape index (κ1) is 11.0. The van der Waals surface area contributed by atoms with Crippen molar-refractivity contribution in [2.24, 2.45) is 0 Å². The third kappa shape index (κ3) is 3.77. The van der Waals surface area contributed by atoms with Crippen LogP contribution in [0.1, 0.15) is 6.42 Å². The lowest BCUT2D eigenvalue weighted by Gasteiger charge is -2.33. The quantitative estimate of drug-likeness (QED) is 0.628. The molecule has 0 aliphatic carbocycles. The van der Waals surface area contributed by atoms with E-state index in [1.54, 1.807) is 0 Å². The fourth-order valence-electron chi connectivity index (χ4n) is 1.58. The molecule has 1 fully saturated rings. The van der Waals surface area contributed by atoms with Crippen molar-refractivity contribution in [3.63, 3.8) is 0 Å². The van der Waals surface area contributed by atoms with E-state index in [0.717, 1.165) is 39.1 Å². The Balaban J connectivity index is 2.18. The van der Waals surface area contributed by atoms with Gasteiger partial charge < -0.3 is 5.11 Å². The van der Waals surface area contributed by atoms with Crippen molar-refractivity contribution in [1.82, 2.24) is 9.80 Å². The van der Waals surface area contributed by atoms with E-state index >= 15 is 0 Å². The number of rotatable bonds is 4. The van der Waals surface area contributed by atoms with Crippen LogP contribution >= 0.6 is 0 Å². The predicted octanol–water partition coefficient (Wildman–Crippen LogP) is -0.288. The molecule has 14 heavy (non-hydrogen) atoms. The van der Waals surface area contributed by atoms with Gasteiger partial charge in [-0.05, 0) is 0 Å². The zero-order valence-electron chi connectivity index (χ0n) is 8.28. The molecule has 0 aromatic heterocycles. The van der Waals surface area contributed by atoms with Crippen molar-refractivity contribution < 1.29 is 9.90 Å². The highest BCUT2D eigenvalue weighted by Gasteiger charge is 2.17. The fourth-order valence-corrected chi connectivity index (χ4v) is 1.58. The lowest BCUT2D eigenvalue weighted by Crippen LogP contribution is -2.47. The second-order valence-corrected chi connectivity index (χ2v) is 3.47. The minimum atomic E-state index is -0.748. The zero-order chi connectivity index (χ0) is 10.4. The van der Waals surface area contributed by atoms with Crippen LogP contribution in [0.2, 0.25) is 0 Å². The molecular weight excluding hydrogens is 180 g/mol. The molecule has 4 heteroatoms. The molecule has 0 aromatic rings. The fraction of sp³-hybridized carbons (Fsp3) is 0.700. The average molecular weight is 196 g/mol. The minimum absolute atomic E-state index is 0.156. The van der Waals surface area contributed by atoms with E-state index in [1.165, 1.54) is 0 Å². The largest absolute Gasteiger partial charge is 0.480 e. The van der Waals surface area contributed by atoms with Gasteiger partial charge in [0.25, 0.3) is 0 Å². The average Bonchev–Trinajstić information content (AvgIpc) is 2.16. The lowest BCUT2D eigenvalue weighted by molar-refractivity contribution is -0.138. The van der Waals surface area contributed by atoms with E-state index in [2.05, 4.69) is 10.8 Å². The third-order valence-corrected chi connectivity index (χ3v) is 2.40. The van der Waals surface area contributed by atoms with Crippen LogP contribution in [0, 0.1) is 12.3 Å². The summed E-state index contributed by atoms with van der Waals surface area (Å²) in [6, 6.07) is 0. The van der Waals surface area contributed by atoms with Crippen LogP contribution in [-0.4, -0.2) is 60.1 Å². The van der Waals surface area contributed by atoms with Crippen LogP contribution in [0.15, 0.2) is 0 Å². The molecule has 1 N–H and O–H groups in total. The Morgan fingerprint density at radius 2 is 1.86 bits per heavy atom. The topological polar surface area (TPSA) is 43.8 Å². The molecule has 0 saturated carbocycles. The van der Waals surface area contributed by atoms with Crippen molar-refractivity contribution >= 4 is 5.97 Å². The Morgan fingerprint density at radius 1 is 1.29 bits per heavy atom. The Kier molecular flexibility index (Phi) is 4.44. The van der Waals surface area contributed by atoms with Crippen molar-refractivity contribution in [3.05, 3.63) is 0 Å². The number of carboxylic acid groups (broad SMARTS) is 1. The minimum Gasteiger partial charge on any atom is -0.480 e. The van der Waals surface area contributed by atoms with Crippen molar-refractivity contribution in [1.29, 1.82) is 0 Å². The van der Waals surface area contributed by atoms with Gasteiger partial charge in [-0.3, -0.25) is 14.6 Å². The lowest BCUT2D eigenvalue weighted by atomic mass is 10.3. The molecule has 0 unspecified atom stereocenters. The van der Waals surface area contributed by atoms with E-state index in [-0.39, 0.29) is 6.54 Å². The molecule has 1 aliphatic heterocycles. The molecule has 0 radical (unpaired) electrons. The number of nitrogens with zero attached hydrogens (tertiary/aromatic N) is 2. The Bertz CT molecular complexity index is 227. The van der Waals surface area contributed by atoms with Crippen LogP contribution in [0.3, 0.4) is 0 Å². The standard InChI is InChI=1S/C10H16N2O2/c1-2-3-4-11-5-7-12(8-6-11)9-10(13)14/h1H,3-9H2,(H,13,14).